The number of pyridine rings is 1. The molecule has 0 radical (unpaired) electrons. The Morgan fingerprint density at radius 1 is 1.03 bits per heavy atom. The Morgan fingerprint density at radius 3 is 2.66 bits per heavy atom. The first-order chi connectivity index (χ1) is 14.2. The van der Waals surface area contributed by atoms with Crippen molar-refractivity contribution < 1.29 is 13.7 Å². The predicted octanol–water partition coefficient (Wildman–Crippen LogP) is 4.13. The number of aromatic nitrogens is 2. The van der Waals surface area contributed by atoms with Crippen molar-refractivity contribution in [3.8, 4) is 11.3 Å². The van der Waals surface area contributed by atoms with Crippen LogP contribution in [0.25, 0.3) is 22.2 Å². The van der Waals surface area contributed by atoms with Crippen LogP contribution in [0.4, 0.5) is 4.39 Å². The van der Waals surface area contributed by atoms with Gasteiger partial charge in [0, 0.05) is 36.2 Å². The van der Waals surface area contributed by atoms with Crippen LogP contribution < -0.4 is 5.32 Å². The predicted molar refractivity (Wildman–Crippen MR) is 108 cm³/mol. The van der Waals surface area contributed by atoms with Crippen molar-refractivity contribution in [1.29, 1.82) is 0 Å². The van der Waals surface area contributed by atoms with Crippen LogP contribution in [0.15, 0.2) is 71.4 Å². The molecule has 146 valence electrons. The second-order valence-corrected chi connectivity index (χ2v) is 7.53. The molecule has 3 heterocycles. The number of hydrogen-bond acceptors (Lipinski definition) is 5. The summed E-state index contributed by atoms with van der Waals surface area (Å²) in [5.41, 5.74) is 3.59. The third-order valence-corrected chi connectivity index (χ3v) is 5.28. The van der Waals surface area contributed by atoms with Crippen LogP contribution in [0.1, 0.15) is 11.3 Å². The van der Waals surface area contributed by atoms with E-state index >= 15 is 0 Å². The summed E-state index contributed by atoms with van der Waals surface area (Å²) in [6.45, 7) is 1.93. The van der Waals surface area contributed by atoms with Gasteiger partial charge in [-0.25, -0.2) is 4.39 Å². The van der Waals surface area contributed by atoms with Crippen molar-refractivity contribution in [2.45, 2.75) is 18.5 Å². The lowest BCUT2D eigenvalue weighted by molar-refractivity contribution is -0.0755. The van der Waals surface area contributed by atoms with E-state index in [1.54, 1.807) is 12.1 Å². The zero-order valence-electron chi connectivity index (χ0n) is 15.8. The third kappa shape index (κ3) is 3.77. The second kappa shape index (κ2) is 7.39. The lowest BCUT2D eigenvalue weighted by Crippen LogP contribution is -2.61. The lowest BCUT2D eigenvalue weighted by Gasteiger charge is -2.42. The minimum absolute atomic E-state index is 0.178. The lowest BCUT2D eigenvalue weighted by atomic mass is 9.90. The molecule has 5 nitrogen and oxygen atoms in total. The van der Waals surface area contributed by atoms with Crippen LogP contribution in [-0.4, -0.2) is 28.9 Å². The smallest absolute Gasteiger partial charge is 0.167 e. The fourth-order valence-corrected chi connectivity index (χ4v) is 3.61. The molecule has 29 heavy (non-hydrogen) atoms. The van der Waals surface area contributed by atoms with Crippen molar-refractivity contribution in [3.63, 3.8) is 0 Å². The van der Waals surface area contributed by atoms with Crippen molar-refractivity contribution in [3.05, 3.63) is 83.9 Å². The number of nitrogens with one attached hydrogen (secondary N) is 1. The summed E-state index contributed by atoms with van der Waals surface area (Å²) in [6.07, 6.45) is 2.60. The molecule has 2 aromatic carbocycles. The SMILES string of the molecule is Fc1ccc(-c2cc(CC3(NCc4cnc5ccccc5c4)COC3)no2)cc1. The Balaban J connectivity index is 1.28. The molecule has 4 aromatic rings. The molecule has 1 N–H and O–H groups in total. The minimum atomic E-state index is -0.272. The third-order valence-electron chi connectivity index (χ3n) is 5.28. The van der Waals surface area contributed by atoms with E-state index in [2.05, 4.69) is 27.6 Å². The molecule has 0 atom stereocenters. The molecular formula is C23H20FN3O2. The topological polar surface area (TPSA) is 60.2 Å². The Morgan fingerprint density at radius 2 is 1.86 bits per heavy atom. The number of benzene rings is 2. The summed E-state index contributed by atoms with van der Waals surface area (Å²) < 4.78 is 24.1. The molecule has 1 aliphatic rings. The normalized spacial score (nSPS) is 15.3. The summed E-state index contributed by atoms with van der Waals surface area (Å²) in [6, 6.07) is 18.4. The van der Waals surface area contributed by atoms with Crippen molar-refractivity contribution in [2.24, 2.45) is 0 Å². The van der Waals surface area contributed by atoms with Gasteiger partial charge in [-0.2, -0.15) is 0 Å². The van der Waals surface area contributed by atoms with Gasteiger partial charge in [0.25, 0.3) is 0 Å². The average Bonchev–Trinajstić information content (AvgIpc) is 3.18. The molecule has 0 spiro atoms. The number of nitrogens with zero attached hydrogens (tertiary/aromatic N) is 2. The van der Waals surface area contributed by atoms with Gasteiger partial charge >= 0.3 is 0 Å². The van der Waals surface area contributed by atoms with Gasteiger partial charge < -0.3 is 14.6 Å². The van der Waals surface area contributed by atoms with E-state index in [9.17, 15) is 4.39 Å². The Bertz CT molecular complexity index is 1140. The highest BCUT2D eigenvalue weighted by Gasteiger charge is 2.39. The first-order valence-corrected chi connectivity index (χ1v) is 9.57. The molecule has 1 aliphatic heterocycles. The molecule has 0 amide bonds. The Labute approximate surface area is 167 Å². The number of rotatable bonds is 6. The van der Waals surface area contributed by atoms with E-state index in [0.717, 1.165) is 27.7 Å². The molecule has 0 aliphatic carbocycles. The quantitative estimate of drug-likeness (QED) is 0.537. The van der Waals surface area contributed by atoms with E-state index in [1.165, 1.54) is 12.1 Å². The molecule has 1 saturated heterocycles. The first kappa shape index (κ1) is 18.0. The summed E-state index contributed by atoms with van der Waals surface area (Å²) in [4.78, 5) is 4.53. The number of fused-ring (bicyclic) bond motifs is 1. The summed E-state index contributed by atoms with van der Waals surface area (Å²) in [5.74, 6) is 0.362. The van der Waals surface area contributed by atoms with Gasteiger partial charge in [-0.05, 0) is 42.0 Å². The average molecular weight is 389 g/mol. The molecule has 0 bridgehead atoms. The molecule has 1 fully saturated rings. The molecule has 2 aromatic heterocycles. The standard InChI is InChI=1S/C23H20FN3O2/c24-19-7-5-17(6-8-19)22-10-20(27-29-22)11-23(14-28-15-23)26-13-16-9-18-3-1-2-4-21(18)25-12-16/h1-10,12,26H,11,13-15H2. The molecule has 0 saturated carbocycles. The second-order valence-electron chi connectivity index (χ2n) is 7.53. The van der Waals surface area contributed by atoms with Crippen LogP contribution in [0.2, 0.25) is 0 Å². The highest BCUT2D eigenvalue weighted by atomic mass is 19.1. The number of ether oxygens (including phenoxy) is 1. The van der Waals surface area contributed by atoms with E-state index in [-0.39, 0.29) is 11.4 Å². The molecular weight excluding hydrogens is 369 g/mol. The number of halogens is 1. The Hall–Kier alpha value is -3.09. The van der Waals surface area contributed by atoms with E-state index < -0.39 is 0 Å². The van der Waals surface area contributed by atoms with Crippen molar-refractivity contribution in [2.75, 3.05) is 13.2 Å². The van der Waals surface area contributed by atoms with Gasteiger partial charge in [0.1, 0.15) is 5.82 Å². The van der Waals surface area contributed by atoms with Crippen molar-refractivity contribution in [1.82, 2.24) is 15.5 Å². The highest BCUT2D eigenvalue weighted by molar-refractivity contribution is 5.78. The summed E-state index contributed by atoms with van der Waals surface area (Å²) in [5, 5.41) is 8.95. The summed E-state index contributed by atoms with van der Waals surface area (Å²) in [7, 11) is 0. The number of para-hydroxylation sites is 1. The van der Waals surface area contributed by atoms with Crippen molar-refractivity contribution >= 4 is 10.9 Å². The van der Waals surface area contributed by atoms with Gasteiger partial charge in [-0.3, -0.25) is 4.98 Å². The zero-order chi connectivity index (χ0) is 19.7. The molecule has 6 heteroatoms. The maximum Gasteiger partial charge on any atom is 0.167 e. The monoisotopic (exact) mass is 389 g/mol. The fraction of sp³-hybridized carbons (Fsp3) is 0.217. The van der Waals surface area contributed by atoms with E-state index in [4.69, 9.17) is 9.26 Å². The number of hydrogen-bond donors (Lipinski definition) is 1. The molecule has 0 unspecified atom stereocenters. The van der Waals surface area contributed by atoms with Crippen LogP contribution in [-0.2, 0) is 17.7 Å². The highest BCUT2D eigenvalue weighted by Crippen LogP contribution is 2.26. The summed E-state index contributed by atoms with van der Waals surface area (Å²) >= 11 is 0. The van der Waals surface area contributed by atoms with E-state index in [0.29, 0.717) is 31.9 Å². The van der Waals surface area contributed by atoms with E-state index in [1.807, 2.05) is 30.5 Å². The van der Waals surface area contributed by atoms with Gasteiger partial charge in [-0.15, -0.1) is 0 Å². The van der Waals surface area contributed by atoms with Crippen LogP contribution >= 0.6 is 0 Å². The fourth-order valence-electron chi connectivity index (χ4n) is 3.61. The van der Waals surface area contributed by atoms with Crippen LogP contribution in [0.5, 0.6) is 0 Å². The van der Waals surface area contributed by atoms with Crippen LogP contribution in [0.3, 0.4) is 0 Å². The molecule has 5 rings (SSSR count). The Kier molecular flexibility index (Phi) is 4.58. The van der Waals surface area contributed by atoms with Crippen LogP contribution in [0, 0.1) is 5.82 Å². The van der Waals surface area contributed by atoms with Gasteiger partial charge in [0.05, 0.1) is 30.0 Å². The maximum atomic E-state index is 13.1. The van der Waals surface area contributed by atoms with Gasteiger partial charge in [-0.1, -0.05) is 23.4 Å². The minimum Gasteiger partial charge on any atom is -0.377 e. The van der Waals surface area contributed by atoms with Gasteiger partial charge in [0.15, 0.2) is 5.76 Å². The zero-order valence-corrected chi connectivity index (χ0v) is 15.8. The maximum absolute atomic E-state index is 13.1. The largest absolute Gasteiger partial charge is 0.377 e. The first-order valence-electron chi connectivity index (χ1n) is 9.57. The van der Waals surface area contributed by atoms with Gasteiger partial charge in [0.2, 0.25) is 0 Å².